The van der Waals surface area contributed by atoms with Gasteiger partial charge in [0.25, 0.3) is 5.91 Å². The highest BCUT2D eigenvalue weighted by atomic mass is 16.5. The molecule has 5 rings (SSSR count). The third kappa shape index (κ3) is 5.06. The van der Waals surface area contributed by atoms with Crippen molar-refractivity contribution in [2.24, 2.45) is 0 Å². The minimum atomic E-state index is 0.00770. The molecule has 4 aromatic rings. The molecular formula is C29H30N4O4. The molecule has 1 aliphatic rings. The molecule has 1 saturated heterocycles. The summed E-state index contributed by atoms with van der Waals surface area (Å²) in [6.07, 6.45) is 3.68. The normalized spacial score (nSPS) is 14.0. The molecule has 0 radical (unpaired) electrons. The van der Waals surface area contributed by atoms with Crippen LogP contribution in [0.4, 0.5) is 0 Å². The number of hydrogen-bond donors (Lipinski definition) is 0. The summed E-state index contributed by atoms with van der Waals surface area (Å²) in [6, 6.07) is 17.4. The van der Waals surface area contributed by atoms with E-state index in [1.54, 1.807) is 27.5 Å². The molecule has 0 saturated carbocycles. The van der Waals surface area contributed by atoms with Crippen molar-refractivity contribution in [1.82, 2.24) is 19.8 Å². The number of fused-ring (bicyclic) bond motifs is 1. The zero-order valence-electron chi connectivity index (χ0n) is 21.3. The number of piperazine rings is 1. The van der Waals surface area contributed by atoms with Crippen LogP contribution in [-0.2, 0) is 6.54 Å². The van der Waals surface area contributed by atoms with Gasteiger partial charge in [0.05, 0.1) is 38.1 Å². The molecule has 1 amide bonds. The van der Waals surface area contributed by atoms with E-state index in [4.69, 9.17) is 19.2 Å². The van der Waals surface area contributed by atoms with Gasteiger partial charge in [-0.25, -0.2) is 4.98 Å². The van der Waals surface area contributed by atoms with Crippen LogP contribution in [0.2, 0.25) is 0 Å². The summed E-state index contributed by atoms with van der Waals surface area (Å²) in [6.45, 7) is 3.77. The van der Waals surface area contributed by atoms with Gasteiger partial charge in [0, 0.05) is 56.1 Å². The summed E-state index contributed by atoms with van der Waals surface area (Å²) < 4.78 is 16.5. The number of aromatic nitrogens is 2. The molecule has 0 N–H and O–H groups in total. The smallest absolute Gasteiger partial charge is 0.254 e. The van der Waals surface area contributed by atoms with Crippen molar-refractivity contribution >= 4 is 16.8 Å². The van der Waals surface area contributed by atoms with Gasteiger partial charge in [-0.3, -0.25) is 14.7 Å². The molecular weight excluding hydrogens is 468 g/mol. The van der Waals surface area contributed by atoms with Gasteiger partial charge in [0.2, 0.25) is 5.75 Å². The van der Waals surface area contributed by atoms with Gasteiger partial charge in [-0.1, -0.05) is 24.3 Å². The summed E-state index contributed by atoms with van der Waals surface area (Å²) in [5.41, 5.74) is 4.01. The van der Waals surface area contributed by atoms with Crippen molar-refractivity contribution in [3.63, 3.8) is 0 Å². The van der Waals surface area contributed by atoms with Crippen LogP contribution in [0.3, 0.4) is 0 Å². The van der Waals surface area contributed by atoms with Crippen molar-refractivity contribution in [3.05, 3.63) is 78.1 Å². The Labute approximate surface area is 216 Å². The number of carbonyl (C=O) groups excluding carboxylic acids is 1. The molecule has 37 heavy (non-hydrogen) atoms. The molecule has 0 spiro atoms. The maximum atomic E-state index is 13.8. The van der Waals surface area contributed by atoms with Crippen LogP contribution in [0.1, 0.15) is 15.9 Å². The molecule has 2 aromatic carbocycles. The number of nitrogens with zero attached hydrogens (tertiary/aromatic N) is 4. The maximum Gasteiger partial charge on any atom is 0.254 e. The van der Waals surface area contributed by atoms with Crippen LogP contribution >= 0.6 is 0 Å². The Kier molecular flexibility index (Phi) is 7.18. The molecule has 0 bridgehead atoms. The average molecular weight is 499 g/mol. The summed E-state index contributed by atoms with van der Waals surface area (Å²) in [5, 5.41) is 0.835. The Bertz CT molecular complexity index is 1380. The van der Waals surface area contributed by atoms with E-state index in [1.165, 1.54) is 5.56 Å². The van der Waals surface area contributed by atoms with E-state index in [1.807, 2.05) is 59.6 Å². The first-order valence-electron chi connectivity index (χ1n) is 12.2. The summed E-state index contributed by atoms with van der Waals surface area (Å²) >= 11 is 0. The lowest BCUT2D eigenvalue weighted by Gasteiger charge is -2.35. The predicted molar refractivity (Wildman–Crippen MR) is 142 cm³/mol. The van der Waals surface area contributed by atoms with Gasteiger partial charge in [0.1, 0.15) is 0 Å². The van der Waals surface area contributed by atoms with E-state index in [0.29, 0.717) is 41.6 Å². The number of methoxy groups -OCH3 is 3. The van der Waals surface area contributed by atoms with Crippen LogP contribution in [0.15, 0.2) is 67.0 Å². The highest BCUT2D eigenvalue weighted by Gasteiger charge is 2.25. The fourth-order valence-electron chi connectivity index (χ4n) is 4.76. The van der Waals surface area contributed by atoms with Gasteiger partial charge in [0.15, 0.2) is 11.5 Å². The van der Waals surface area contributed by atoms with Crippen molar-refractivity contribution in [2.45, 2.75) is 6.54 Å². The van der Waals surface area contributed by atoms with Gasteiger partial charge in [-0.05, 0) is 35.9 Å². The number of amides is 1. The Morgan fingerprint density at radius 3 is 2.27 bits per heavy atom. The van der Waals surface area contributed by atoms with Crippen LogP contribution in [0.5, 0.6) is 17.2 Å². The number of carbonyl (C=O) groups is 1. The average Bonchev–Trinajstić information content (AvgIpc) is 2.96. The zero-order chi connectivity index (χ0) is 25.8. The summed E-state index contributed by atoms with van der Waals surface area (Å²) in [4.78, 5) is 27.2. The van der Waals surface area contributed by atoms with Gasteiger partial charge in [-0.2, -0.15) is 0 Å². The standard InChI is InChI=1S/C29H30N4O4/c1-35-26-15-21(16-27(36-2)28(26)37-3)25-17-23(22-8-4-5-9-24(22)31-25)29(34)33-13-11-32(12-14-33)19-20-7-6-10-30-18-20/h4-10,15-18H,11-14,19H2,1-3H3. The lowest BCUT2D eigenvalue weighted by molar-refractivity contribution is 0.0630. The fraction of sp³-hybridized carbons (Fsp3) is 0.276. The molecule has 0 unspecified atom stereocenters. The van der Waals surface area contributed by atoms with Crippen LogP contribution in [0, 0.1) is 0 Å². The highest BCUT2D eigenvalue weighted by molar-refractivity contribution is 6.07. The second kappa shape index (κ2) is 10.8. The van der Waals surface area contributed by atoms with Crippen molar-refractivity contribution in [1.29, 1.82) is 0 Å². The third-order valence-corrected chi connectivity index (χ3v) is 6.70. The van der Waals surface area contributed by atoms with Crippen LogP contribution in [-0.4, -0.2) is 73.2 Å². The molecule has 1 aliphatic heterocycles. The van der Waals surface area contributed by atoms with E-state index >= 15 is 0 Å². The molecule has 3 heterocycles. The lowest BCUT2D eigenvalue weighted by atomic mass is 10.0. The van der Waals surface area contributed by atoms with Crippen molar-refractivity contribution < 1.29 is 19.0 Å². The van der Waals surface area contributed by atoms with Crippen LogP contribution < -0.4 is 14.2 Å². The van der Waals surface area contributed by atoms with E-state index in [0.717, 1.165) is 36.1 Å². The van der Waals surface area contributed by atoms with E-state index < -0.39 is 0 Å². The number of hydrogen-bond acceptors (Lipinski definition) is 7. The first-order valence-corrected chi connectivity index (χ1v) is 12.2. The number of benzene rings is 2. The third-order valence-electron chi connectivity index (χ3n) is 6.70. The SMILES string of the molecule is COc1cc(-c2cc(C(=O)N3CCN(Cc4cccnc4)CC3)c3ccccc3n2)cc(OC)c1OC. The van der Waals surface area contributed by atoms with Gasteiger partial charge < -0.3 is 19.1 Å². The Balaban J connectivity index is 1.45. The lowest BCUT2D eigenvalue weighted by Crippen LogP contribution is -2.48. The van der Waals surface area contributed by atoms with Crippen LogP contribution in [0.25, 0.3) is 22.2 Å². The molecule has 2 aromatic heterocycles. The molecule has 8 heteroatoms. The molecule has 0 atom stereocenters. The Morgan fingerprint density at radius 1 is 0.892 bits per heavy atom. The maximum absolute atomic E-state index is 13.8. The predicted octanol–water partition coefficient (Wildman–Crippen LogP) is 4.28. The summed E-state index contributed by atoms with van der Waals surface area (Å²) in [5.74, 6) is 1.58. The quantitative estimate of drug-likeness (QED) is 0.376. The number of rotatable bonds is 7. The van der Waals surface area contributed by atoms with Crippen molar-refractivity contribution in [2.75, 3.05) is 47.5 Å². The minimum Gasteiger partial charge on any atom is -0.493 e. The largest absolute Gasteiger partial charge is 0.493 e. The number of pyridine rings is 2. The molecule has 190 valence electrons. The highest BCUT2D eigenvalue weighted by Crippen LogP contribution is 2.41. The monoisotopic (exact) mass is 498 g/mol. The Morgan fingerprint density at radius 2 is 1.62 bits per heavy atom. The number of ether oxygens (including phenoxy) is 3. The topological polar surface area (TPSA) is 77.0 Å². The van der Waals surface area contributed by atoms with Gasteiger partial charge >= 0.3 is 0 Å². The van der Waals surface area contributed by atoms with E-state index in [2.05, 4.69) is 16.0 Å². The fourth-order valence-corrected chi connectivity index (χ4v) is 4.76. The molecule has 8 nitrogen and oxygen atoms in total. The minimum absolute atomic E-state index is 0.00770. The van der Waals surface area contributed by atoms with E-state index in [-0.39, 0.29) is 5.91 Å². The second-order valence-electron chi connectivity index (χ2n) is 8.92. The van der Waals surface area contributed by atoms with E-state index in [9.17, 15) is 4.79 Å². The number of para-hydroxylation sites is 1. The molecule has 1 fully saturated rings. The van der Waals surface area contributed by atoms with Gasteiger partial charge in [-0.15, -0.1) is 0 Å². The first kappa shape index (κ1) is 24.5. The molecule has 0 aliphatic carbocycles. The summed E-state index contributed by atoms with van der Waals surface area (Å²) in [7, 11) is 4.73. The Hall–Kier alpha value is -4.17. The zero-order valence-corrected chi connectivity index (χ0v) is 21.3. The van der Waals surface area contributed by atoms with Crippen molar-refractivity contribution in [3.8, 4) is 28.5 Å². The second-order valence-corrected chi connectivity index (χ2v) is 8.92. The first-order chi connectivity index (χ1) is 18.1.